The maximum atomic E-state index is 12.7. The van der Waals surface area contributed by atoms with Crippen LogP contribution in [0.3, 0.4) is 0 Å². The van der Waals surface area contributed by atoms with Crippen molar-refractivity contribution in [2.75, 3.05) is 37.8 Å². The Morgan fingerprint density at radius 1 is 1.07 bits per heavy atom. The molecular formula is C28H42N7O18P3S. The number of rotatable bonds is 20. The third-order valence-electron chi connectivity index (χ3n) is 8.06. The summed E-state index contributed by atoms with van der Waals surface area (Å²) in [6.45, 7) is 0.350. The van der Waals surface area contributed by atoms with Crippen LogP contribution >= 0.6 is 35.2 Å². The second-order valence-electron chi connectivity index (χ2n) is 13.1. The number of nitrogens with one attached hydrogen (secondary N) is 2. The molecule has 2 aromatic rings. The first-order valence-corrected chi connectivity index (χ1v) is 22.1. The number of phosphoric acid groups is 3. The van der Waals surface area contributed by atoms with Gasteiger partial charge in [-0.25, -0.2) is 28.6 Å². The summed E-state index contributed by atoms with van der Waals surface area (Å²) in [7, 11) is -16.4. The predicted octanol–water partition coefficient (Wildman–Crippen LogP) is -1.09. The van der Waals surface area contributed by atoms with Crippen LogP contribution in [0.25, 0.3) is 11.2 Å². The fourth-order valence-electron chi connectivity index (χ4n) is 5.18. The molecule has 0 radical (unpaired) electrons. The normalized spacial score (nSPS) is 24.0. The summed E-state index contributed by atoms with van der Waals surface area (Å²) >= 11 is 0.965. The molecular weight excluding hydrogens is 847 g/mol. The lowest BCUT2D eigenvalue weighted by atomic mass is 9.87. The molecule has 25 nitrogen and oxygen atoms in total. The first kappa shape index (κ1) is 46.7. The molecule has 2 aromatic heterocycles. The van der Waals surface area contributed by atoms with E-state index >= 15 is 0 Å². The Morgan fingerprint density at radius 3 is 2.46 bits per heavy atom. The van der Waals surface area contributed by atoms with Crippen LogP contribution in [0.15, 0.2) is 36.5 Å². The van der Waals surface area contributed by atoms with E-state index < -0.39 is 90.7 Å². The van der Waals surface area contributed by atoms with Gasteiger partial charge >= 0.3 is 23.5 Å². The molecule has 1 aliphatic heterocycles. The molecule has 0 bridgehead atoms. The second kappa shape index (κ2) is 19.4. The smallest absolute Gasteiger partial charge is 0.389 e. The number of phosphoric ester groups is 3. The number of nitrogens with two attached hydrogens (primary N) is 1. The van der Waals surface area contributed by atoms with Crippen molar-refractivity contribution in [1.82, 2.24) is 30.2 Å². The summed E-state index contributed by atoms with van der Waals surface area (Å²) in [4.78, 5) is 87.8. The van der Waals surface area contributed by atoms with E-state index in [1.807, 2.05) is 0 Å². The number of imidazole rings is 1. The van der Waals surface area contributed by atoms with Crippen molar-refractivity contribution in [3.8, 4) is 0 Å². The van der Waals surface area contributed by atoms with E-state index in [1.165, 1.54) is 13.8 Å². The van der Waals surface area contributed by atoms with Gasteiger partial charge in [0.1, 0.15) is 36.3 Å². The minimum atomic E-state index is -5.58. The van der Waals surface area contributed by atoms with Crippen molar-refractivity contribution in [3.63, 3.8) is 0 Å². The molecule has 4 rings (SSSR count). The first-order chi connectivity index (χ1) is 26.5. The van der Waals surface area contributed by atoms with Gasteiger partial charge in [0.15, 0.2) is 17.7 Å². The minimum Gasteiger partial charge on any atom is -0.389 e. The summed E-state index contributed by atoms with van der Waals surface area (Å²) in [6.07, 6.45) is -2.78. The first-order valence-electron chi connectivity index (χ1n) is 16.6. The molecule has 2 unspecified atom stereocenters. The minimum absolute atomic E-state index is 0.0253. The number of carbonyl (C=O) groups is 3. The molecule has 0 aromatic carbocycles. The van der Waals surface area contributed by atoms with E-state index in [0.717, 1.165) is 29.0 Å². The molecule has 57 heavy (non-hydrogen) atoms. The zero-order valence-electron chi connectivity index (χ0n) is 30.0. The van der Waals surface area contributed by atoms with Gasteiger partial charge < -0.3 is 56.0 Å². The highest BCUT2D eigenvalue weighted by Crippen LogP contribution is 2.61. The third-order valence-corrected chi connectivity index (χ3v) is 12.1. The monoisotopic (exact) mass is 889 g/mol. The number of nitrogens with zero attached hydrogens (tertiary/aromatic N) is 4. The number of aliphatic hydroxyl groups is 3. The number of carbonyl (C=O) groups excluding carboxylic acids is 3. The highest BCUT2D eigenvalue weighted by Gasteiger charge is 2.50. The molecule has 2 amide bonds. The summed E-state index contributed by atoms with van der Waals surface area (Å²) in [5, 5.41) is 35.7. The zero-order chi connectivity index (χ0) is 42.3. The van der Waals surface area contributed by atoms with Crippen molar-refractivity contribution in [3.05, 3.63) is 36.5 Å². The molecule has 11 N–H and O–H groups in total. The van der Waals surface area contributed by atoms with Crippen LogP contribution in [0.4, 0.5) is 5.82 Å². The number of allylic oxidation sites excluding steroid dienone is 2. The van der Waals surface area contributed by atoms with Gasteiger partial charge in [0.25, 0.3) is 0 Å². The van der Waals surface area contributed by atoms with Gasteiger partial charge in [-0.1, -0.05) is 43.8 Å². The van der Waals surface area contributed by atoms with E-state index in [2.05, 4.69) is 34.4 Å². The van der Waals surface area contributed by atoms with Crippen LogP contribution in [-0.2, 0) is 50.7 Å². The average molecular weight is 890 g/mol. The van der Waals surface area contributed by atoms with E-state index in [0.29, 0.717) is 5.57 Å². The molecule has 0 spiro atoms. The topological polar surface area (TPSA) is 384 Å². The quantitative estimate of drug-likeness (QED) is 0.0558. The Balaban J connectivity index is 1.22. The van der Waals surface area contributed by atoms with Crippen molar-refractivity contribution in [2.24, 2.45) is 5.41 Å². The van der Waals surface area contributed by atoms with Gasteiger partial charge in [0.2, 0.25) is 16.9 Å². The molecule has 1 aliphatic carbocycles. The van der Waals surface area contributed by atoms with Gasteiger partial charge in [0.05, 0.1) is 25.6 Å². The number of fused-ring (bicyclic) bond motifs is 1. The Kier molecular flexibility index (Phi) is 15.9. The maximum Gasteiger partial charge on any atom is 0.481 e. The van der Waals surface area contributed by atoms with E-state index in [-0.39, 0.29) is 53.8 Å². The molecule has 1 saturated heterocycles. The van der Waals surface area contributed by atoms with Crippen molar-refractivity contribution >= 4 is 69.1 Å². The molecule has 8 atom stereocenters. The van der Waals surface area contributed by atoms with Gasteiger partial charge in [-0.3, -0.25) is 32.5 Å². The largest absolute Gasteiger partial charge is 0.481 e. The highest BCUT2D eigenvalue weighted by atomic mass is 32.2. The number of amides is 2. The highest BCUT2D eigenvalue weighted by molar-refractivity contribution is 8.14. The standard InChI is InChI=1S/C28H42N7O18P3S/c1-28(2,22(39)25(40)31-7-6-18(37)30-8-9-57-27(41)15-4-3-5-16(36)10-15)12-50-56(47,48)53-55(45,46)49-11-17-21(52-54(42,43)44)20(38)26(51-17)35-14-34-19-23(29)32-13-33-24(19)35/h3-5,13-14,16-17,20-22,26,36,38-39H,6-12H2,1-2H3,(H,30,37)(H,31,40)(H,45,46)(H,47,48)(H2,29,32,33)(H2,42,43,44)/t16-,17+,20+,21+,22-,26+/m0/s1. The van der Waals surface area contributed by atoms with Gasteiger partial charge in [0, 0.05) is 42.7 Å². The van der Waals surface area contributed by atoms with Gasteiger partial charge in [-0.15, -0.1) is 0 Å². The Hall–Kier alpha value is -3.00. The summed E-state index contributed by atoms with van der Waals surface area (Å²) in [5.41, 5.74) is 4.68. The molecule has 29 heteroatoms. The fraction of sp³-hybridized carbons (Fsp3) is 0.571. The lowest BCUT2D eigenvalue weighted by molar-refractivity contribution is -0.137. The third kappa shape index (κ3) is 13.5. The van der Waals surface area contributed by atoms with Crippen LogP contribution in [0.2, 0.25) is 0 Å². The average Bonchev–Trinajstić information content (AvgIpc) is 3.68. The number of anilines is 1. The maximum absolute atomic E-state index is 12.7. The van der Waals surface area contributed by atoms with Crippen molar-refractivity contribution < 1.29 is 85.6 Å². The molecule has 2 aliphatic rings. The fourth-order valence-corrected chi connectivity index (χ4v) is 8.73. The number of hydrogen-bond acceptors (Lipinski definition) is 19. The Bertz CT molecular complexity index is 2000. The van der Waals surface area contributed by atoms with E-state index in [1.54, 1.807) is 18.2 Å². The van der Waals surface area contributed by atoms with Gasteiger partial charge in [-0.2, -0.15) is 4.31 Å². The number of ether oxygens (including phenoxy) is 1. The number of aliphatic hydroxyl groups excluding tert-OH is 3. The summed E-state index contributed by atoms with van der Waals surface area (Å²) in [5.74, 6) is -1.27. The summed E-state index contributed by atoms with van der Waals surface area (Å²) < 4.78 is 62.1. The van der Waals surface area contributed by atoms with E-state index in [9.17, 15) is 63.0 Å². The molecule has 1 fully saturated rings. The second-order valence-corrected chi connectivity index (χ2v) is 18.4. The Morgan fingerprint density at radius 2 is 1.77 bits per heavy atom. The van der Waals surface area contributed by atoms with Gasteiger partial charge in [-0.05, 0) is 0 Å². The van der Waals surface area contributed by atoms with Crippen LogP contribution in [0.1, 0.15) is 32.9 Å². The zero-order valence-corrected chi connectivity index (χ0v) is 33.5. The van der Waals surface area contributed by atoms with Crippen LogP contribution in [0, 0.1) is 5.41 Å². The van der Waals surface area contributed by atoms with E-state index in [4.69, 9.17) is 19.5 Å². The predicted molar refractivity (Wildman–Crippen MR) is 195 cm³/mol. The number of aromatic nitrogens is 4. The van der Waals surface area contributed by atoms with Crippen LogP contribution < -0.4 is 16.4 Å². The Labute approximate surface area is 327 Å². The van der Waals surface area contributed by atoms with Crippen molar-refractivity contribution in [2.45, 2.75) is 63.4 Å². The molecule has 318 valence electrons. The number of hydrogen-bond donors (Lipinski definition) is 10. The molecule has 3 heterocycles. The van der Waals surface area contributed by atoms with Crippen LogP contribution in [0.5, 0.6) is 0 Å². The van der Waals surface area contributed by atoms with Crippen molar-refractivity contribution in [1.29, 1.82) is 0 Å². The summed E-state index contributed by atoms with van der Waals surface area (Å²) in [6, 6.07) is 0. The number of nitrogen functional groups attached to an aromatic ring is 1. The molecule has 0 saturated carbocycles. The lowest BCUT2D eigenvalue weighted by Gasteiger charge is -2.30. The van der Waals surface area contributed by atoms with Crippen LogP contribution in [-0.4, -0.2) is 134 Å². The SMILES string of the molecule is CC(C)(COP(=O)(O)OP(=O)(O)OC[C@H]1O[C@@H](n2cnc3c(N)ncnc32)[C@H](O)[C@@H]1OP(=O)(O)O)[C@@H](O)C(=O)NCCC(=O)NCCSC(=O)C1=CC=C[C@H](O)C1. The lowest BCUT2D eigenvalue weighted by Crippen LogP contribution is -2.46. The number of thioether (sulfide) groups is 1.